The Morgan fingerprint density at radius 3 is 2.88 bits per heavy atom. The van der Waals surface area contributed by atoms with Gasteiger partial charge >= 0.3 is 4.87 Å². The second-order valence-electron chi connectivity index (χ2n) is 5.77. The number of aryl methyl sites for hydroxylation is 1. The van der Waals surface area contributed by atoms with Gasteiger partial charge in [-0.25, -0.2) is 4.98 Å². The van der Waals surface area contributed by atoms with Crippen molar-refractivity contribution in [2.75, 3.05) is 29.9 Å². The number of amides is 2. The molecule has 1 aliphatic heterocycles. The number of anilines is 2. The van der Waals surface area contributed by atoms with Gasteiger partial charge in [0.05, 0.1) is 18.4 Å². The molecule has 0 aromatic carbocycles. The van der Waals surface area contributed by atoms with Gasteiger partial charge in [-0.05, 0) is 19.1 Å². The fourth-order valence-electron chi connectivity index (χ4n) is 2.59. The van der Waals surface area contributed by atoms with Gasteiger partial charge in [0.15, 0.2) is 0 Å². The molecule has 0 radical (unpaired) electrons. The van der Waals surface area contributed by atoms with E-state index < -0.39 is 0 Å². The van der Waals surface area contributed by atoms with E-state index in [4.69, 9.17) is 0 Å². The Kier molecular flexibility index (Phi) is 5.13. The van der Waals surface area contributed by atoms with E-state index in [1.165, 1.54) is 0 Å². The Hall–Kier alpha value is -2.68. The van der Waals surface area contributed by atoms with Gasteiger partial charge in [-0.2, -0.15) is 0 Å². The zero-order valence-corrected chi connectivity index (χ0v) is 14.6. The number of pyridine rings is 1. The fourth-order valence-corrected chi connectivity index (χ4v) is 3.35. The topological polar surface area (TPSA) is 96.3 Å². The molecule has 0 bridgehead atoms. The van der Waals surface area contributed by atoms with Crippen molar-refractivity contribution in [2.45, 2.75) is 19.9 Å². The molecule has 1 aliphatic rings. The first-order valence-corrected chi connectivity index (χ1v) is 8.83. The molecule has 0 unspecified atom stereocenters. The van der Waals surface area contributed by atoms with E-state index in [2.05, 4.69) is 15.6 Å². The van der Waals surface area contributed by atoms with Gasteiger partial charge in [-0.1, -0.05) is 11.3 Å². The van der Waals surface area contributed by atoms with Crippen molar-refractivity contribution >= 4 is 34.7 Å². The van der Waals surface area contributed by atoms with Gasteiger partial charge < -0.3 is 20.1 Å². The molecule has 0 aliphatic carbocycles. The summed E-state index contributed by atoms with van der Waals surface area (Å²) in [6.07, 6.45) is 1.79. The van der Waals surface area contributed by atoms with Crippen molar-refractivity contribution in [3.8, 4) is 0 Å². The summed E-state index contributed by atoms with van der Waals surface area (Å²) in [7, 11) is 0. The van der Waals surface area contributed by atoms with Crippen molar-refractivity contribution in [1.29, 1.82) is 0 Å². The summed E-state index contributed by atoms with van der Waals surface area (Å²) in [5, 5.41) is 7.32. The monoisotopic (exact) mass is 361 g/mol. The van der Waals surface area contributed by atoms with Crippen LogP contribution in [0.25, 0.3) is 0 Å². The average Bonchev–Trinajstić information content (AvgIpc) is 2.92. The SMILES string of the molecule is Cc1csc(=O)n1CCC(=O)Nc1ccc(N2CCNC(=O)C2)nc1. The minimum absolute atomic E-state index is 0.0237. The number of nitrogens with one attached hydrogen (secondary N) is 2. The third-order valence-electron chi connectivity index (χ3n) is 3.93. The highest BCUT2D eigenvalue weighted by molar-refractivity contribution is 7.07. The van der Waals surface area contributed by atoms with E-state index in [0.29, 0.717) is 31.1 Å². The van der Waals surface area contributed by atoms with Crippen LogP contribution in [0.4, 0.5) is 11.5 Å². The molecule has 132 valence electrons. The second kappa shape index (κ2) is 7.47. The highest BCUT2D eigenvalue weighted by Crippen LogP contribution is 2.15. The molecule has 2 amide bonds. The zero-order valence-electron chi connectivity index (χ0n) is 13.8. The molecule has 1 fully saturated rings. The first kappa shape index (κ1) is 17.2. The van der Waals surface area contributed by atoms with Crippen molar-refractivity contribution in [2.24, 2.45) is 0 Å². The lowest BCUT2D eigenvalue weighted by Gasteiger charge is -2.27. The molecule has 2 aromatic heterocycles. The Morgan fingerprint density at radius 1 is 1.40 bits per heavy atom. The summed E-state index contributed by atoms with van der Waals surface area (Å²) in [5.41, 5.74) is 1.45. The van der Waals surface area contributed by atoms with Gasteiger partial charge in [-0.3, -0.25) is 14.4 Å². The number of piperazine rings is 1. The number of rotatable bonds is 5. The normalized spacial score (nSPS) is 14.3. The molecule has 0 saturated carbocycles. The van der Waals surface area contributed by atoms with Gasteiger partial charge in [0.1, 0.15) is 5.82 Å². The first-order valence-electron chi connectivity index (χ1n) is 7.95. The van der Waals surface area contributed by atoms with Crippen LogP contribution in [0.2, 0.25) is 0 Å². The maximum Gasteiger partial charge on any atom is 0.307 e. The molecule has 9 heteroatoms. The molecule has 0 spiro atoms. The third kappa shape index (κ3) is 4.24. The predicted octanol–water partition coefficient (Wildman–Crippen LogP) is 0.578. The third-order valence-corrected chi connectivity index (χ3v) is 4.81. The maximum atomic E-state index is 12.0. The molecule has 1 saturated heterocycles. The van der Waals surface area contributed by atoms with E-state index in [1.54, 1.807) is 28.3 Å². The van der Waals surface area contributed by atoms with Gasteiger partial charge in [-0.15, -0.1) is 0 Å². The smallest absolute Gasteiger partial charge is 0.307 e. The van der Waals surface area contributed by atoms with Crippen LogP contribution in [0.5, 0.6) is 0 Å². The van der Waals surface area contributed by atoms with Crippen molar-refractivity contribution in [3.05, 3.63) is 39.1 Å². The number of carbonyl (C=O) groups is 2. The number of hydrogen-bond acceptors (Lipinski definition) is 6. The van der Waals surface area contributed by atoms with Crippen molar-refractivity contribution < 1.29 is 9.59 Å². The molecule has 3 heterocycles. The van der Waals surface area contributed by atoms with E-state index in [-0.39, 0.29) is 29.7 Å². The highest BCUT2D eigenvalue weighted by atomic mass is 32.1. The molecule has 0 atom stereocenters. The Labute approximate surface area is 148 Å². The summed E-state index contributed by atoms with van der Waals surface area (Å²) < 4.78 is 1.59. The minimum atomic E-state index is -0.176. The molecule has 8 nitrogen and oxygen atoms in total. The second-order valence-corrected chi connectivity index (χ2v) is 6.59. The van der Waals surface area contributed by atoms with Crippen LogP contribution >= 0.6 is 11.3 Å². The quantitative estimate of drug-likeness (QED) is 0.812. The molecular weight excluding hydrogens is 342 g/mol. The summed E-state index contributed by atoms with van der Waals surface area (Å²) in [5.74, 6) is 0.502. The van der Waals surface area contributed by atoms with Crippen molar-refractivity contribution in [3.63, 3.8) is 0 Å². The Balaban J connectivity index is 1.55. The zero-order chi connectivity index (χ0) is 17.8. The standard InChI is InChI=1S/C16H19N5O3S/c1-11-10-25-16(24)21(11)6-4-14(22)19-12-2-3-13(18-8-12)20-7-5-17-15(23)9-20/h2-3,8,10H,4-7,9H2,1H3,(H,17,23)(H,19,22). The van der Waals surface area contributed by atoms with E-state index in [9.17, 15) is 14.4 Å². The number of nitrogens with zero attached hydrogens (tertiary/aromatic N) is 3. The minimum Gasteiger partial charge on any atom is -0.353 e. The Morgan fingerprint density at radius 2 is 2.24 bits per heavy atom. The van der Waals surface area contributed by atoms with Crippen LogP contribution in [0.15, 0.2) is 28.5 Å². The number of hydrogen-bond donors (Lipinski definition) is 2. The van der Waals surface area contributed by atoms with Gasteiger partial charge in [0.2, 0.25) is 11.8 Å². The largest absolute Gasteiger partial charge is 0.353 e. The number of carbonyl (C=O) groups excluding carboxylic acids is 2. The van der Waals surface area contributed by atoms with Crippen molar-refractivity contribution in [1.82, 2.24) is 14.9 Å². The average molecular weight is 361 g/mol. The number of thiazole rings is 1. The summed E-state index contributed by atoms with van der Waals surface area (Å²) in [6.45, 7) is 3.79. The van der Waals surface area contributed by atoms with Gasteiger partial charge in [0.25, 0.3) is 0 Å². The van der Waals surface area contributed by atoms with Crippen LogP contribution in [-0.4, -0.2) is 41.0 Å². The van der Waals surface area contributed by atoms with E-state index in [1.807, 2.05) is 11.8 Å². The molecule has 2 N–H and O–H groups in total. The molecular formula is C16H19N5O3S. The number of aromatic nitrogens is 2. The summed E-state index contributed by atoms with van der Waals surface area (Å²) in [6, 6.07) is 3.54. The summed E-state index contributed by atoms with van der Waals surface area (Å²) >= 11 is 1.13. The lowest BCUT2D eigenvalue weighted by Crippen LogP contribution is -2.48. The van der Waals surface area contributed by atoms with Crippen LogP contribution in [0.3, 0.4) is 0 Å². The first-order chi connectivity index (χ1) is 12.0. The molecule has 25 heavy (non-hydrogen) atoms. The van der Waals surface area contributed by atoms with Gasteiger partial charge in [0, 0.05) is 37.1 Å². The van der Waals surface area contributed by atoms with Crippen LogP contribution in [-0.2, 0) is 16.1 Å². The fraction of sp³-hybridized carbons (Fsp3) is 0.375. The lowest BCUT2D eigenvalue weighted by atomic mass is 10.3. The molecule has 3 rings (SSSR count). The van der Waals surface area contributed by atoms with Crippen LogP contribution in [0.1, 0.15) is 12.1 Å². The molecule has 2 aromatic rings. The van der Waals surface area contributed by atoms with Crippen LogP contribution < -0.4 is 20.4 Å². The maximum absolute atomic E-state index is 12.0. The van der Waals surface area contributed by atoms with E-state index >= 15 is 0 Å². The van der Waals surface area contributed by atoms with E-state index in [0.717, 1.165) is 17.0 Å². The summed E-state index contributed by atoms with van der Waals surface area (Å²) in [4.78, 5) is 41.2. The highest BCUT2D eigenvalue weighted by Gasteiger charge is 2.17. The van der Waals surface area contributed by atoms with Crippen LogP contribution in [0, 0.1) is 6.92 Å². The lowest BCUT2D eigenvalue weighted by molar-refractivity contribution is -0.120. The Bertz CT molecular complexity index is 827. The predicted molar refractivity (Wildman–Crippen MR) is 96.0 cm³/mol.